The van der Waals surface area contributed by atoms with E-state index in [0.717, 1.165) is 10.9 Å². The van der Waals surface area contributed by atoms with E-state index in [-0.39, 0.29) is 5.91 Å². The highest BCUT2D eigenvalue weighted by Gasteiger charge is 2.14. The zero-order valence-electron chi connectivity index (χ0n) is 11.8. The van der Waals surface area contributed by atoms with Crippen LogP contribution < -0.4 is 10.1 Å². The molecule has 0 heterocycles. The van der Waals surface area contributed by atoms with Gasteiger partial charge in [0, 0.05) is 10.2 Å². The van der Waals surface area contributed by atoms with Crippen LogP contribution in [0.4, 0.5) is 5.69 Å². The van der Waals surface area contributed by atoms with Gasteiger partial charge < -0.3 is 10.1 Å². The molecule has 0 aliphatic rings. The molecule has 0 saturated carbocycles. The third kappa shape index (κ3) is 4.38. The van der Waals surface area contributed by atoms with Crippen LogP contribution in [0.1, 0.15) is 23.7 Å². The molecule has 0 bridgehead atoms. The maximum Gasteiger partial charge on any atom is 0.259 e. The fourth-order valence-electron chi connectivity index (χ4n) is 1.79. The van der Waals surface area contributed by atoms with E-state index >= 15 is 0 Å². The van der Waals surface area contributed by atoms with Crippen LogP contribution in [0.2, 0.25) is 10.0 Å². The fourth-order valence-corrected chi connectivity index (χ4v) is 2.45. The monoisotopic (exact) mass is 401 g/mol. The normalized spacial score (nSPS) is 10.4. The average Bonchev–Trinajstić information content (AvgIpc) is 2.49. The Morgan fingerprint density at radius 2 is 1.95 bits per heavy atom. The van der Waals surface area contributed by atoms with Gasteiger partial charge in [-0.2, -0.15) is 0 Å². The highest BCUT2D eigenvalue weighted by Crippen LogP contribution is 2.27. The number of carbonyl (C=O) groups excluding carboxylic acids is 1. The van der Waals surface area contributed by atoms with Gasteiger partial charge in [-0.1, -0.05) is 46.1 Å². The fraction of sp³-hybridized carbons (Fsp3) is 0.188. The van der Waals surface area contributed by atoms with Crippen molar-refractivity contribution in [2.24, 2.45) is 0 Å². The predicted molar refractivity (Wildman–Crippen MR) is 94.3 cm³/mol. The highest BCUT2D eigenvalue weighted by molar-refractivity contribution is 9.10. The first kappa shape index (κ1) is 17.1. The van der Waals surface area contributed by atoms with Crippen LogP contribution in [0, 0.1) is 0 Å². The van der Waals surface area contributed by atoms with Crippen molar-refractivity contribution in [3.63, 3.8) is 0 Å². The number of hydrogen-bond donors (Lipinski definition) is 1. The molecule has 0 spiro atoms. The lowest BCUT2D eigenvalue weighted by Crippen LogP contribution is -2.14. The number of benzene rings is 2. The van der Waals surface area contributed by atoms with E-state index in [1.54, 1.807) is 30.3 Å². The lowest BCUT2D eigenvalue weighted by molar-refractivity contribution is 0.102. The summed E-state index contributed by atoms with van der Waals surface area (Å²) in [6.45, 7) is 2.56. The van der Waals surface area contributed by atoms with Crippen LogP contribution in [-0.2, 0) is 0 Å². The SMILES string of the molecule is CCCOc1ccc(Br)cc1C(=O)Nc1ccc(Cl)c(Cl)c1. The molecule has 0 aliphatic carbocycles. The van der Waals surface area contributed by atoms with Crippen molar-refractivity contribution in [3.05, 3.63) is 56.5 Å². The maximum absolute atomic E-state index is 12.5. The zero-order valence-corrected chi connectivity index (χ0v) is 14.9. The Kier molecular flexibility index (Phi) is 6.12. The van der Waals surface area contributed by atoms with Gasteiger partial charge >= 0.3 is 0 Å². The third-order valence-electron chi connectivity index (χ3n) is 2.83. The molecule has 0 radical (unpaired) electrons. The summed E-state index contributed by atoms with van der Waals surface area (Å²) in [5.74, 6) is 0.272. The Morgan fingerprint density at radius 1 is 1.18 bits per heavy atom. The molecule has 0 unspecified atom stereocenters. The Hall–Kier alpha value is -1.23. The molecule has 0 atom stereocenters. The summed E-state index contributed by atoms with van der Waals surface area (Å²) < 4.78 is 6.42. The van der Waals surface area contributed by atoms with Gasteiger partial charge in [0.15, 0.2) is 0 Å². The van der Waals surface area contributed by atoms with Gasteiger partial charge in [0.2, 0.25) is 0 Å². The lowest BCUT2D eigenvalue weighted by Gasteiger charge is -2.12. The highest BCUT2D eigenvalue weighted by atomic mass is 79.9. The van der Waals surface area contributed by atoms with Crippen LogP contribution in [0.25, 0.3) is 0 Å². The van der Waals surface area contributed by atoms with Crippen molar-refractivity contribution in [1.82, 2.24) is 0 Å². The molecule has 22 heavy (non-hydrogen) atoms. The first-order valence-corrected chi connectivity index (χ1v) is 8.25. The number of nitrogens with one attached hydrogen (secondary N) is 1. The molecular weight excluding hydrogens is 389 g/mol. The Balaban J connectivity index is 2.24. The van der Waals surface area contributed by atoms with Crippen LogP contribution in [0.15, 0.2) is 40.9 Å². The van der Waals surface area contributed by atoms with E-state index in [4.69, 9.17) is 27.9 Å². The minimum Gasteiger partial charge on any atom is -0.493 e. The largest absolute Gasteiger partial charge is 0.493 e. The van der Waals surface area contributed by atoms with Crippen molar-refractivity contribution in [2.75, 3.05) is 11.9 Å². The van der Waals surface area contributed by atoms with Crippen molar-refractivity contribution in [3.8, 4) is 5.75 Å². The van der Waals surface area contributed by atoms with Gasteiger partial charge in [0.05, 0.1) is 22.2 Å². The third-order valence-corrected chi connectivity index (χ3v) is 4.06. The number of rotatable bonds is 5. The summed E-state index contributed by atoms with van der Waals surface area (Å²) in [5, 5.41) is 3.61. The molecule has 0 fully saturated rings. The van der Waals surface area contributed by atoms with Crippen LogP contribution in [0.5, 0.6) is 5.75 Å². The van der Waals surface area contributed by atoms with E-state index in [2.05, 4.69) is 21.2 Å². The molecule has 2 aromatic rings. The molecule has 3 nitrogen and oxygen atoms in total. The van der Waals surface area contributed by atoms with Crippen molar-refractivity contribution in [2.45, 2.75) is 13.3 Å². The molecule has 1 N–H and O–H groups in total. The first-order valence-electron chi connectivity index (χ1n) is 6.70. The summed E-state index contributed by atoms with van der Waals surface area (Å²) >= 11 is 15.2. The quantitative estimate of drug-likeness (QED) is 0.686. The molecule has 6 heteroatoms. The van der Waals surface area contributed by atoms with Gasteiger partial charge in [-0.05, 0) is 42.8 Å². The zero-order chi connectivity index (χ0) is 16.1. The number of amides is 1. The first-order chi connectivity index (χ1) is 10.5. The van der Waals surface area contributed by atoms with E-state index in [1.165, 1.54) is 0 Å². The number of carbonyl (C=O) groups is 1. The standard InChI is InChI=1S/C16H14BrCl2NO2/c1-2-7-22-15-6-3-10(17)8-12(15)16(21)20-11-4-5-13(18)14(19)9-11/h3-6,8-9H,2,7H2,1H3,(H,20,21). The smallest absolute Gasteiger partial charge is 0.259 e. The maximum atomic E-state index is 12.5. The Labute approximate surface area is 147 Å². The number of halogens is 3. The Morgan fingerprint density at radius 3 is 2.64 bits per heavy atom. The summed E-state index contributed by atoms with van der Waals surface area (Å²) in [5.41, 5.74) is 1.02. The van der Waals surface area contributed by atoms with Gasteiger partial charge in [0.25, 0.3) is 5.91 Å². The lowest BCUT2D eigenvalue weighted by atomic mass is 10.2. The molecule has 2 rings (SSSR count). The van der Waals surface area contributed by atoms with Gasteiger partial charge in [-0.25, -0.2) is 0 Å². The summed E-state index contributed by atoms with van der Waals surface area (Å²) in [6.07, 6.45) is 0.865. The minimum atomic E-state index is -0.272. The van der Waals surface area contributed by atoms with E-state index in [1.807, 2.05) is 13.0 Å². The summed E-state index contributed by atoms with van der Waals surface area (Å²) in [6, 6.07) is 10.3. The number of anilines is 1. The second-order valence-electron chi connectivity index (χ2n) is 4.57. The van der Waals surface area contributed by atoms with Crippen LogP contribution in [0.3, 0.4) is 0 Å². The number of hydrogen-bond acceptors (Lipinski definition) is 2. The van der Waals surface area contributed by atoms with Crippen LogP contribution >= 0.6 is 39.1 Å². The number of ether oxygens (including phenoxy) is 1. The molecule has 0 aromatic heterocycles. The Bertz CT molecular complexity index is 692. The molecular formula is C16H14BrCl2NO2. The van der Waals surface area contributed by atoms with E-state index in [9.17, 15) is 4.79 Å². The van der Waals surface area contributed by atoms with Crippen molar-refractivity contribution in [1.29, 1.82) is 0 Å². The minimum absolute atomic E-state index is 0.272. The second-order valence-corrected chi connectivity index (χ2v) is 6.30. The predicted octanol–water partition coefficient (Wildman–Crippen LogP) is 5.80. The molecule has 0 aliphatic heterocycles. The van der Waals surface area contributed by atoms with Crippen molar-refractivity contribution < 1.29 is 9.53 Å². The van der Waals surface area contributed by atoms with Gasteiger partial charge in [-0.15, -0.1) is 0 Å². The van der Waals surface area contributed by atoms with Gasteiger partial charge in [0.1, 0.15) is 5.75 Å². The molecule has 116 valence electrons. The van der Waals surface area contributed by atoms with Gasteiger partial charge in [-0.3, -0.25) is 4.79 Å². The topological polar surface area (TPSA) is 38.3 Å². The summed E-state index contributed by atoms with van der Waals surface area (Å²) in [4.78, 5) is 12.5. The molecule has 1 amide bonds. The molecule has 2 aromatic carbocycles. The van der Waals surface area contributed by atoms with E-state index in [0.29, 0.717) is 33.7 Å². The van der Waals surface area contributed by atoms with Crippen LogP contribution in [-0.4, -0.2) is 12.5 Å². The summed E-state index contributed by atoms with van der Waals surface area (Å²) in [7, 11) is 0. The van der Waals surface area contributed by atoms with Crippen molar-refractivity contribution >= 4 is 50.7 Å². The van der Waals surface area contributed by atoms with E-state index < -0.39 is 0 Å². The molecule has 0 saturated heterocycles. The second kappa shape index (κ2) is 7.86. The average molecular weight is 403 g/mol.